The van der Waals surface area contributed by atoms with Crippen molar-refractivity contribution in [2.75, 3.05) is 12.0 Å². The largest absolute Gasteiger partial charge is 0.497 e. The molecule has 3 rings (SSSR count). The van der Waals surface area contributed by atoms with Crippen molar-refractivity contribution in [1.29, 1.82) is 0 Å². The normalized spacial score (nSPS) is 13.6. The number of ether oxygens (including phenoxy) is 1. The minimum Gasteiger partial charge on any atom is -0.497 e. The molecule has 106 valence electrons. The molecule has 0 fully saturated rings. The number of rotatable bonds is 2. The Morgan fingerprint density at radius 1 is 1.05 bits per heavy atom. The number of halogens is 2. The van der Waals surface area contributed by atoms with E-state index in [2.05, 4.69) is 0 Å². The highest BCUT2D eigenvalue weighted by Gasteiger charge is 2.38. The van der Waals surface area contributed by atoms with E-state index in [1.54, 1.807) is 36.4 Å². The first-order chi connectivity index (χ1) is 10.0. The highest BCUT2D eigenvalue weighted by Crippen LogP contribution is 2.44. The maximum atomic E-state index is 12.2. The first-order valence-corrected chi connectivity index (χ1v) is 6.81. The fourth-order valence-corrected chi connectivity index (χ4v) is 2.92. The number of nitrogens with zero attached hydrogens (tertiary/aromatic N) is 1. The van der Waals surface area contributed by atoms with E-state index in [0.717, 1.165) is 0 Å². The van der Waals surface area contributed by atoms with Gasteiger partial charge in [0, 0.05) is 12.1 Å². The summed E-state index contributed by atoms with van der Waals surface area (Å²) in [6.07, 6.45) is 0. The molecule has 0 saturated heterocycles. The second-order valence-corrected chi connectivity index (χ2v) is 5.24. The molecule has 0 radical (unpaired) electrons. The standard InChI is InChI=1S/C15H9Cl2NO3/c1-21-8-6-10(16)13(11(17)7-8)18-12-5-3-2-4-9(12)14(19)15(18)20/h2-7H,1H3. The second kappa shape index (κ2) is 5.06. The summed E-state index contributed by atoms with van der Waals surface area (Å²) >= 11 is 12.4. The number of fused-ring (bicyclic) bond motifs is 1. The summed E-state index contributed by atoms with van der Waals surface area (Å²) in [6, 6.07) is 9.80. The molecule has 2 aromatic carbocycles. The fraction of sp³-hybridized carbons (Fsp3) is 0.0667. The number of carbonyl (C=O) groups is 2. The van der Waals surface area contributed by atoms with Crippen LogP contribution >= 0.6 is 23.2 Å². The lowest BCUT2D eigenvalue weighted by atomic mass is 10.1. The summed E-state index contributed by atoms with van der Waals surface area (Å²) in [4.78, 5) is 25.5. The van der Waals surface area contributed by atoms with Crippen LogP contribution in [0.15, 0.2) is 36.4 Å². The highest BCUT2D eigenvalue weighted by atomic mass is 35.5. The lowest BCUT2D eigenvalue weighted by Crippen LogP contribution is -2.25. The van der Waals surface area contributed by atoms with Crippen LogP contribution in [0.4, 0.5) is 11.4 Å². The van der Waals surface area contributed by atoms with Gasteiger partial charge in [-0.1, -0.05) is 35.3 Å². The Labute approximate surface area is 130 Å². The molecule has 1 aliphatic rings. The predicted molar refractivity (Wildman–Crippen MR) is 80.9 cm³/mol. The Kier molecular flexibility index (Phi) is 3.35. The van der Waals surface area contributed by atoms with Crippen molar-refractivity contribution < 1.29 is 14.3 Å². The van der Waals surface area contributed by atoms with E-state index in [0.29, 0.717) is 17.0 Å². The molecule has 2 aromatic rings. The number of Topliss-reactive ketones (excluding diaryl/α,β-unsaturated/α-hetero) is 1. The van der Waals surface area contributed by atoms with E-state index in [1.807, 2.05) is 0 Å². The van der Waals surface area contributed by atoms with Crippen LogP contribution in [0, 0.1) is 0 Å². The van der Waals surface area contributed by atoms with Gasteiger partial charge in [0.05, 0.1) is 34.1 Å². The summed E-state index contributed by atoms with van der Waals surface area (Å²) in [6.45, 7) is 0. The Morgan fingerprint density at radius 2 is 1.67 bits per heavy atom. The third kappa shape index (κ3) is 2.07. The van der Waals surface area contributed by atoms with Crippen molar-refractivity contribution >= 4 is 46.3 Å². The number of carbonyl (C=O) groups excluding carboxylic acids is 2. The first kappa shape index (κ1) is 13.9. The summed E-state index contributed by atoms with van der Waals surface area (Å²) < 4.78 is 5.07. The Morgan fingerprint density at radius 3 is 2.29 bits per heavy atom. The summed E-state index contributed by atoms with van der Waals surface area (Å²) in [7, 11) is 1.49. The van der Waals surface area contributed by atoms with Crippen LogP contribution in [0.25, 0.3) is 0 Å². The van der Waals surface area contributed by atoms with Crippen molar-refractivity contribution in [3.8, 4) is 5.75 Å². The number of hydrogen-bond donors (Lipinski definition) is 0. The van der Waals surface area contributed by atoms with Crippen LogP contribution < -0.4 is 9.64 Å². The molecule has 21 heavy (non-hydrogen) atoms. The van der Waals surface area contributed by atoms with Crippen molar-refractivity contribution in [2.24, 2.45) is 0 Å². The van der Waals surface area contributed by atoms with Crippen LogP contribution in [0.5, 0.6) is 5.75 Å². The fourth-order valence-electron chi connectivity index (χ4n) is 2.28. The zero-order valence-electron chi connectivity index (χ0n) is 10.9. The van der Waals surface area contributed by atoms with E-state index in [1.165, 1.54) is 12.0 Å². The van der Waals surface area contributed by atoms with Gasteiger partial charge in [0.2, 0.25) is 0 Å². The second-order valence-electron chi connectivity index (χ2n) is 4.43. The summed E-state index contributed by atoms with van der Waals surface area (Å²) in [5, 5.41) is 0.467. The molecule has 0 saturated carbocycles. The monoisotopic (exact) mass is 321 g/mol. The van der Waals surface area contributed by atoms with Gasteiger partial charge in [-0.25, -0.2) is 0 Å². The van der Waals surface area contributed by atoms with Crippen LogP contribution in [0.2, 0.25) is 10.0 Å². The zero-order valence-corrected chi connectivity index (χ0v) is 12.4. The lowest BCUT2D eigenvalue weighted by molar-refractivity contribution is -0.113. The molecule has 0 aromatic heterocycles. The van der Waals surface area contributed by atoms with Gasteiger partial charge in [0.25, 0.3) is 5.78 Å². The van der Waals surface area contributed by atoms with Crippen molar-refractivity contribution in [3.05, 3.63) is 52.0 Å². The van der Waals surface area contributed by atoms with Gasteiger partial charge >= 0.3 is 5.91 Å². The summed E-state index contributed by atoms with van der Waals surface area (Å²) in [5.74, 6) is -0.779. The average Bonchev–Trinajstić information content (AvgIpc) is 2.72. The SMILES string of the molecule is COc1cc(Cl)c(N2C(=O)C(=O)c3ccccc32)c(Cl)c1. The van der Waals surface area contributed by atoms with Gasteiger partial charge in [-0.15, -0.1) is 0 Å². The lowest BCUT2D eigenvalue weighted by Gasteiger charge is -2.20. The van der Waals surface area contributed by atoms with Crippen LogP contribution in [-0.2, 0) is 4.79 Å². The van der Waals surface area contributed by atoms with Crippen LogP contribution in [-0.4, -0.2) is 18.8 Å². The van der Waals surface area contributed by atoms with Gasteiger partial charge < -0.3 is 4.74 Å². The van der Waals surface area contributed by atoms with Crippen LogP contribution in [0.1, 0.15) is 10.4 Å². The third-order valence-corrected chi connectivity index (χ3v) is 3.81. The molecule has 1 amide bonds. The van der Waals surface area contributed by atoms with Crippen molar-refractivity contribution in [3.63, 3.8) is 0 Å². The molecule has 0 N–H and O–H groups in total. The number of methoxy groups -OCH3 is 1. The molecule has 1 aliphatic heterocycles. The molecular weight excluding hydrogens is 313 g/mol. The minimum absolute atomic E-state index is 0.234. The van der Waals surface area contributed by atoms with E-state index in [9.17, 15) is 9.59 Å². The van der Waals surface area contributed by atoms with E-state index >= 15 is 0 Å². The molecule has 0 atom stereocenters. The Hall–Kier alpha value is -2.04. The molecule has 1 heterocycles. The predicted octanol–water partition coefficient (Wildman–Crippen LogP) is 3.86. The van der Waals surface area contributed by atoms with Gasteiger partial charge in [-0.3, -0.25) is 14.5 Å². The molecular formula is C15H9Cl2NO3. The number of ketones is 1. The van der Waals surface area contributed by atoms with E-state index in [4.69, 9.17) is 27.9 Å². The van der Waals surface area contributed by atoms with Gasteiger partial charge in [-0.05, 0) is 12.1 Å². The highest BCUT2D eigenvalue weighted by molar-refractivity contribution is 6.55. The van der Waals surface area contributed by atoms with Gasteiger partial charge in [0.15, 0.2) is 0 Å². The smallest absolute Gasteiger partial charge is 0.304 e. The van der Waals surface area contributed by atoms with Crippen molar-refractivity contribution in [1.82, 2.24) is 0 Å². The minimum atomic E-state index is -0.676. The molecule has 0 unspecified atom stereocenters. The summed E-state index contributed by atoms with van der Waals surface area (Å²) in [5.41, 5.74) is 1.09. The maximum absolute atomic E-state index is 12.2. The Balaban J connectivity index is 2.22. The van der Waals surface area contributed by atoms with Gasteiger partial charge in [0.1, 0.15) is 5.75 Å². The van der Waals surface area contributed by atoms with Crippen molar-refractivity contribution in [2.45, 2.75) is 0 Å². The van der Waals surface area contributed by atoms with E-state index in [-0.39, 0.29) is 15.7 Å². The molecule has 0 aliphatic carbocycles. The topological polar surface area (TPSA) is 46.6 Å². The van der Waals surface area contributed by atoms with E-state index < -0.39 is 11.7 Å². The number of amides is 1. The molecule has 6 heteroatoms. The third-order valence-electron chi connectivity index (χ3n) is 3.24. The number of para-hydroxylation sites is 1. The average molecular weight is 322 g/mol. The quantitative estimate of drug-likeness (QED) is 0.789. The van der Waals surface area contributed by atoms with Crippen LogP contribution in [0.3, 0.4) is 0 Å². The zero-order chi connectivity index (χ0) is 15.1. The molecule has 0 spiro atoms. The maximum Gasteiger partial charge on any atom is 0.304 e. The molecule has 4 nitrogen and oxygen atoms in total. The number of benzene rings is 2. The molecule has 0 bridgehead atoms. The van der Waals surface area contributed by atoms with Gasteiger partial charge in [-0.2, -0.15) is 0 Å². The Bertz CT molecular complexity index is 750. The first-order valence-electron chi connectivity index (χ1n) is 6.05. The number of anilines is 2. The number of hydrogen-bond acceptors (Lipinski definition) is 3.